The number of anilines is 3. The summed E-state index contributed by atoms with van der Waals surface area (Å²) in [5.41, 5.74) is 5.53. The zero-order valence-electron chi connectivity index (χ0n) is 23.2. The molecular weight excluding hydrogens is 484 g/mol. The molecule has 4 aromatic rings. The van der Waals surface area contributed by atoms with E-state index in [2.05, 4.69) is 52.3 Å². The number of fused-ring (bicyclic) bond motifs is 1. The van der Waals surface area contributed by atoms with Gasteiger partial charge in [-0.2, -0.15) is 0 Å². The zero-order chi connectivity index (χ0) is 26.8. The maximum absolute atomic E-state index is 5.20. The Bertz CT molecular complexity index is 1460. The van der Waals surface area contributed by atoms with Crippen LogP contribution >= 0.6 is 0 Å². The summed E-state index contributed by atoms with van der Waals surface area (Å²) in [7, 11) is 0. The molecule has 2 fully saturated rings. The van der Waals surface area contributed by atoms with Crippen molar-refractivity contribution < 1.29 is 0 Å². The van der Waals surface area contributed by atoms with Crippen molar-refractivity contribution in [3.05, 3.63) is 59.7 Å². The third kappa shape index (κ3) is 5.30. The molecule has 1 aliphatic heterocycles. The lowest BCUT2D eigenvalue weighted by atomic mass is 9.79. The summed E-state index contributed by atoms with van der Waals surface area (Å²) in [6, 6.07) is 6.23. The largest absolute Gasteiger partial charge is 0.353 e. The van der Waals surface area contributed by atoms with Crippen LogP contribution in [0.3, 0.4) is 0 Å². The van der Waals surface area contributed by atoms with E-state index >= 15 is 0 Å². The molecule has 0 radical (unpaired) electrons. The number of pyridine rings is 3. The average molecular weight is 523 g/mol. The standard InChI is InChI=1S/C31H38N8/c1-4-6-20(2)24-15-21(3)29(35-17-24)37-27-16-23(9-10-34-27)30-36-26-19-33-18-25(22-7-5-8-22)28(26)31(38-30)39-13-11-32-12-14-39/h9-10,15-20,22,32H,4-8,11-14H2,1-3H3,(H,34,35,37). The SMILES string of the molecule is CCCC(C)c1cnc(Nc2cc(-c3nc(N4CCNCC4)c4c(C5CCC5)cncc4n3)ccn2)c(C)c1. The molecule has 1 saturated heterocycles. The third-order valence-electron chi connectivity index (χ3n) is 8.23. The molecule has 8 heteroatoms. The van der Waals surface area contributed by atoms with Gasteiger partial charge in [0.25, 0.3) is 0 Å². The number of piperazine rings is 1. The lowest BCUT2D eigenvalue weighted by Crippen LogP contribution is -2.44. The number of nitrogens with zero attached hydrogens (tertiary/aromatic N) is 6. The highest BCUT2D eigenvalue weighted by Gasteiger charge is 2.26. The van der Waals surface area contributed by atoms with E-state index in [0.29, 0.717) is 17.7 Å². The van der Waals surface area contributed by atoms with E-state index in [1.54, 1.807) is 0 Å². The van der Waals surface area contributed by atoms with Gasteiger partial charge in [-0.1, -0.05) is 32.8 Å². The Balaban J connectivity index is 1.35. The predicted octanol–water partition coefficient (Wildman–Crippen LogP) is 6.11. The van der Waals surface area contributed by atoms with Crippen molar-refractivity contribution in [1.82, 2.24) is 30.2 Å². The van der Waals surface area contributed by atoms with Gasteiger partial charge in [-0.05, 0) is 66.8 Å². The van der Waals surface area contributed by atoms with E-state index in [4.69, 9.17) is 15.0 Å². The molecule has 1 unspecified atom stereocenters. The lowest BCUT2D eigenvalue weighted by molar-refractivity contribution is 0.421. The molecule has 39 heavy (non-hydrogen) atoms. The monoisotopic (exact) mass is 522 g/mol. The number of nitrogens with one attached hydrogen (secondary N) is 2. The maximum atomic E-state index is 5.20. The summed E-state index contributed by atoms with van der Waals surface area (Å²) in [4.78, 5) is 26.5. The van der Waals surface area contributed by atoms with E-state index in [9.17, 15) is 0 Å². The highest BCUT2D eigenvalue weighted by molar-refractivity contribution is 5.94. The van der Waals surface area contributed by atoms with Gasteiger partial charge in [-0.15, -0.1) is 0 Å². The minimum absolute atomic E-state index is 0.505. The molecule has 2 aliphatic rings. The fourth-order valence-electron chi connectivity index (χ4n) is 5.71. The summed E-state index contributed by atoms with van der Waals surface area (Å²) in [6.07, 6.45) is 13.8. The van der Waals surface area contributed by atoms with Crippen LogP contribution in [0.15, 0.2) is 43.0 Å². The molecule has 0 bridgehead atoms. The summed E-state index contributed by atoms with van der Waals surface area (Å²) in [5, 5.41) is 8.07. The molecular formula is C31H38N8. The fourth-order valence-corrected chi connectivity index (χ4v) is 5.71. The zero-order valence-corrected chi connectivity index (χ0v) is 23.2. The Morgan fingerprint density at radius 3 is 2.67 bits per heavy atom. The number of hydrogen-bond donors (Lipinski definition) is 2. The van der Waals surface area contributed by atoms with Crippen LogP contribution in [0.5, 0.6) is 0 Å². The van der Waals surface area contributed by atoms with Gasteiger partial charge in [-0.3, -0.25) is 4.98 Å². The lowest BCUT2D eigenvalue weighted by Gasteiger charge is -2.32. The van der Waals surface area contributed by atoms with E-state index in [0.717, 1.165) is 66.7 Å². The molecule has 4 aromatic heterocycles. The first kappa shape index (κ1) is 25.6. The Morgan fingerprint density at radius 1 is 1.08 bits per heavy atom. The van der Waals surface area contributed by atoms with Crippen molar-refractivity contribution in [2.24, 2.45) is 0 Å². The summed E-state index contributed by atoms with van der Waals surface area (Å²) in [5.74, 6) is 4.34. The van der Waals surface area contributed by atoms with Crippen molar-refractivity contribution in [3.63, 3.8) is 0 Å². The van der Waals surface area contributed by atoms with E-state index in [1.807, 2.05) is 36.9 Å². The van der Waals surface area contributed by atoms with Crippen molar-refractivity contribution in [1.29, 1.82) is 0 Å². The number of aryl methyl sites for hydroxylation is 1. The quantitative estimate of drug-likeness (QED) is 0.286. The van der Waals surface area contributed by atoms with E-state index in [1.165, 1.54) is 42.2 Å². The van der Waals surface area contributed by atoms with Crippen LogP contribution in [0.2, 0.25) is 0 Å². The number of aromatic nitrogens is 5. The molecule has 6 rings (SSSR count). The Morgan fingerprint density at radius 2 is 1.92 bits per heavy atom. The van der Waals surface area contributed by atoms with Gasteiger partial charge in [0.15, 0.2) is 5.82 Å². The van der Waals surface area contributed by atoms with E-state index < -0.39 is 0 Å². The van der Waals surface area contributed by atoms with Crippen molar-refractivity contribution in [3.8, 4) is 11.4 Å². The Hall–Kier alpha value is -3.65. The van der Waals surface area contributed by atoms with Crippen molar-refractivity contribution in [2.45, 2.75) is 64.7 Å². The normalized spacial score (nSPS) is 16.7. The van der Waals surface area contributed by atoms with Gasteiger partial charge in [0.1, 0.15) is 17.5 Å². The molecule has 1 aliphatic carbocycles. The van der Waals surface area contributed by atoms with Gasteiger partial charge < -0.3 is 15.5 Å². The molecule has 1 saturated carbocycles. The fraction of sp³-hybridized carbons (Fsp3) is 0.452. The van der Waals surface area contributed by atoms with Gasteiger partial charge >= 0.3 is 0 Å². The molecule has 8 nitrogen and oxygen atoms in total. The second-order valence-electron chi connectivity index (χ2n) is 11.0. The van der Waals surface area contributed by atoms with Crippen LogP contribution < -0.4 is 15.5 Å². The maximum Gasteiger partial charge on any atom is 0.162 e. The predicted molar refractivity (Wildman–Crippen MR) is 158 cm³/mol. The van der Waals surface area contributed by atoms with Crippen molar-refractivity contribution >= 4 is 28.4 Å². The van der Waals surface area contributed by atoms with Crippen LogP contribution in [-0.2, 0) is 0 Å². The first-order chi connectivity index (χ1) is 19.1. The Kier molecular flexibility index (Phi) is 7.37. The van der Waals surface area contributed by atoms with Gasteiger partial charge in [0.05, 0.1) is 11.7 Å². The second kappa shape index (κ2) is 11.2. The van der Waals surface area contributed by atoms with Crippen LogP contribution in [0.25, 0.3) is 22.3 Å². The first-order valence-electron chi connectivity index (χ1n) is 14.4. The Labute approximate surface area is 230 Å². The van der Waals surface area contributed by atoms with Gasteiger partial charge in [0.2, 0.25) is 0 Å². The van der Waals surface area contributed by atoms with Crippen LogP contribution in [0, 0.1) is 6.92 Å². The summed E-state index contributed by atoms with van der Waals surface area (Å²) in [6.45, 7) is 10.4. The molecule has 202 valence electrons. The molecule has 5 heterocycles. The highest BCUT2D eigenvalue weighted by atomic mass is 15.2. The number of rotatable bonds is 8. The van der Waals surface area contributed by atoms with Crippen LogP contribution in [0.1, 0.15) is 74.5 Å². The topological polar surface area (TPSA) is 91.8 Å². The van der Waals surface area contributed by atoms with Gasteiger partial charge in [-0.25, -0.2) is 19.9 Å². The minimum Gasteiger partial charge on any atom is -0.353 e. The summed E-state index contributed by atoms with van der Waals surface area (Å²) >= 11 is 0. The first-order valence-corrected chi connectivity index (χ1v) is 14.4. The van der Waals surface area contributed by atoms with E-state index in [-0.39, 0.29) is 0 Å². The average Bonchev–Trinajstić information content (AvgIpc) is 2.93. The molecule has 1 atom stereocenters. The molecule has 0 aromatic carbocycles. The summed E-state index contributed by atoms with van der Waals surface area (Å²) < 4.78 is 0. The molecule has 0 spiro atoms. The third-order valence-corrected chi connectivity index (χ3v) is 8.23. The minimum atomic E-state index is 0.505. The van der Waals surface area contributed by atoms with Crippen molar-refractivity contribution in [2.75, 3.05) is 36.4 Å². The van der Waals surface area contributed by atoms with Gasteiger partial charge in [0, 0.05) is 55.7 Å². The molecule has 2 N–H and O–H groups in total. The second-order valence-corrected chi connectivity index (χ2v) is 11.0. The smallest absolute Gasteiger partial charge is 0.162 e. The van der Waals surface area contributed by atoms with Crippen LogP contribution in [-0.4, -0.2) is 51.1 Å². The highest BCUT2D eigenvalue weighted by Crippen LogP contribution is 2.42. The van der Waals surface area contributed by atoms with Crippen LogP contribution in [0.4, 0.5) is 17.5 Å². The number of hydrogen-bond acceptors (Lipinski definition) is 8. The molecule has 0 amide bonds.